The molecule has 0 saturated carbocycles. The van der Waals surface area contributed by atoms with Crippen molar-refractivity contribution >= 4 is 17.5 Å². The third kappa shape index (κ3) is 3.36. The average molecular weight is 332 g/mol. The summed E-state index contributed by atoms with van der Waals surface area (Å²) in [4.78, 5) is 34.5. The van der Waals surface area contributed by atoms with Gasteiger partial charge in [0.1, 0.15) is 6.04 Å². The van der Waals surface area contributed by atoms with Gasteiger partial charge in [-0.15, -0.1) is 0 Å². The smallest absolute Gasteiger partial charge is 0.247 e. The van der Waals surface area contributed by atoms with Crippen LogP contribution < -0.4 is 4.90 Å². The molecule has 7 nitrogen and oxygen atoms in total. The highest BCUT2D eigenvalue weighted by Crippen LogP contribution is 2.20. The lowest BCUT2D eigenvalue weighted by Crippen LogP contribution is -2.59. The van der Waals surface area contributed by atoms with E-state index in [1.54, 1.807) is 11.1 Å². The summed E-state index contributed by atoms with van der Waals surface area (Å²) in [5.41, 5.74) is 2.31. The van der Waals surface area contributed by atoms with Crippen molar-refractivity contribution in [1.29, 1.82) is 0 Å². The zero-order valence-electron chi connectivity index (χ0n) is 14.3. The average Bonchev–Trinajstić information content (AvgIpc) is 2.62. The number of morpholine rings is 1. The van der Waals surface area contributed by atoms with Crippen molar-refractivity contribution in [3.05, 3.63) is 24.0 Å². The molecule has 3 heterocycles. The third-order valence-electron chi connectivity index (χ3n) is 4.76. The number of pyridine rings is 1. The van der Waals surface area contributed by atoms with Crippen molar-refractivity contribution in [3.8, 4) is 0 Å². The number of ether oxygens (including phenoxy) is 1. The zero-order chi connectivity index (χ0) is 17.1. The van der Waals surface area contributed by atoms with Crippen molar-refractivity contribution in [3.63, 3.8) is 0 Å². The number of hydrogen-bond acceptors (Lipinski definition) is 5. The standard InChI is InChI=1S/C17H24N4O3/c1-13-3-4-18-11-15(13)19-5-7-20(8-6-19)17(23)16-12-24-10-9-21(16)14(2)22/h3-4,11,16H,5-10,12H2,1-2H3. The molecule has 2 saturated heterocycles. The summed E-state index contributed by atoms with van der Waals surface area (Å²) in [7, 11) is 0. The van der Waals surface area contributed by atoms with Crippen LogP contribution in [0.2, 0.25) is 0 Å². The lowest BCUT2D eigenvalue weighted by atomic mass is 10.1. The molecule has 2 aliphatic heterocycles. The normalized spacial score (nSPS) is 21.8. The Hall–Kier alpha value is -2.15. The van der Waals surface area contributed by atoms with E-state index in [9.17, 15) is 9.59 Å². The summed E-state index contributed by atoms with van der Waals surface area (Å²) in [5.74, 6) is -0.0753. The largest absolute Gasteiger partial charge is 0.377 e. The molecule has 7 heteroatoms. The fourth-order valence-corrected chi connectivity index (χ4v) is 3.35. The number of hydrogen-bond donors (Lipinski definition) is 0. The van der Waals surface area contributed by atoms with Crippen molar-refractivity contribution in [2.75, 3.05) is 50.8 Å². The lowest BCUT2D eigenvalue weighted by molar-refractivity contribution is -0.153. The van der Waals surface area contributed by atoms with Gasteiger partial charge in [-0.05, 0) is 18.6 Å². The van der Waals surface area contributed by atoms with E-state index in [-0.39, 0.29) is 11.8 Å². The van der Waals surface area contributed by atoms with Crippen LogP contribution in [-0.2, 0) is 14.3 Å². The van der Waals surface area contributed by atoms with E-state index in [1.165, 1.54) is 12.5 Å². The molecule has 0 bridgehead atoms. The fraction of sp³-hybridized carbons (Fsp3) is 0.588. The summed E-state index contributed by atoms with van der Waals surface area (Å²) in [5, 5.41) is 0. The molecule has 1 aromatic heterocycles. The second-order valence-electron chi connectivity index (χ2n) is 6.28. The maximum atomic E-state index is 12.8. The van der Waals surface area contributed by atoms with Crippen LogP contribution in [-0.4, -0.2) is 78.6 Å². The number of aryl methyl sites for hydroxylation is 1. The predicted molar refractivity (Wildman–Crippen MR) is 89.8 cm³/mol. The number of carbonyl (C=O) groups is 2. The Labute approximate surface area is 142 Å². The minimum absolute atomic E-state index is 0.00698. The summed E-state index contributed by atoms with van der Waals surface area (Å²) in [6.45, 7) is 7.69. The highest BCUT2D eigenvalue weighted by Gasteiger charge is 2.35. The van der Waals surface area contributed by atoms with Crippen LogP contribution in [0, 0.1) is 6.92 Å². The number of carbonyl (C=O) groups excluding carboxylic acids is 2. The molecular weight excluding hydrogens is 308 g/mol. The predicted octanol–water partition coefficient (Wildman–Crippen LogP) is 0.286. The van der Waals surface area contributed by atoms with Gasteiger partial charge in [-0.25, -0.2) is 0 Å². The number of aromatic nitrogens is 1. The number of nitrogens with zero attached hydrogens (tertiary/aromatic N) is 4. The van der Waals surface area contributed by atoms with Crippen LogP contribution in [0.4, 0.5) is 5.69 Å². The first-order chi connectivity index (χ1) is 11.6. The minimum Gasteiger partial charge on any atom is -0.377 e. The van der Waals surface area contributed by atoms with E-state index in [4.69, 9.17) is 4.74 Å². The molecule has 1 atom stereocenters. The summed E-state index contributed by atoms with van der Waals surface area (Å²) < 4.78 is 5.42. The number of piperazine rings is 1. The molecule has 130 valence electrons. The van der Waals surface area contributed by atoms with Gasteiger partial charge in [0.25, 0.3) is 0 Å². The maximum Gasteiger partial charge on any atom is 0.247 e. The third-order valence-corrected chi connectivity index (χ3v) is 4.76. The Bertz CT molecular complexity index is 614. The van der Waals surface area contributed by atoms with Gasteiger partial charge in [-0.3, -0.25) is 14.6 Å². The number of anilines is 1. The topological polar surface area (TPSA) is 66.0 Å². The van der Waals surface area contributed by atoms with Crippen LogP contribution in [0.15, 0.2) is 18.5 Å². The number of rotatable bonds is 2. The fourth-order valence-electron chi connectivity index (χ4n) is 3.35. The van der Waals surface area contributed by atoms with Gasteiger partial charge < -0.3 is 19.4 Å². The molecule has 2 fully saturated rings. The minimum atomic E-state index is -0.483. The summed E-state index contributed by atoms with van der Waals surface area (Å²) in [6, 6.07) is 1.51. The summed E-state index contributed by atoms with van der Waals surface area (Å²) >= 11 is 0. The Balaban J connectivity index is 1.62. The van der Waals surface area contributed by atoms with Gasteiger partial charge >= 0.3 is 0 Å². The van der Waals surface area contributed by atoms with E-state index < -0.39 is 6.04 Å². The van der Waals surface area contributed by atoms with Crippen LogP contribution in [0.1, 0.15) is 12.5 Å². The quantitative estimate of drug-likeness (QED) is 0.779. The highest BCUT2D eigenvalue weighted by molar-refractivity contribution is 5.87. The number of amides is 2. The maximum absolute atomic E-state index is 12.8. The van der Waals surface area contributed by atoms with E-state index in [1.807, 2.05) is 17.2 Å². The van der Waals surface area contributed by atoms with Crippen molar-refractivity contribution in [1.82, 2.24) is 14.8 Å². The molecule has 2 aliphatic rings. The van der Waals surface area contributed by atoms with Gasteiger partial charge in [0.05, 0.1) is 25.1 Å². The van der Waals surface area contributed by atoms with Crippen LogP contribution in [0.5, 0.6) is 0 Å². The SMILES string of the molecule is CC(=O)N1CCOCC1C(=O)N1CCN(c2cnccc2C)CC1. The van der Waals surface area contributed by atoms with Gasteiger partial charge in [0, 0.05) is 45.8 Å². The first kappa shape index (κ1) is 16.7. The van der Waals surface area contributed by atoms with E-state index in [0.717, 1.165) is 18.8 Å². The van der Waals surface area contributed by atoms with Crippen molar-refractivity contribution < 1.29 is 14.3 Å². The molecule has 3 rings (SSSR count). The van der Waals surface area contributed by atoms with Gasteiger partial charge in [-0.2, -0.15) is 0 Å². The molecular formula is C17H24N4O3. The molecule has 0 aromatic carbocycles. The lowest BCUT2D eigenvalue weighted by Gasteiger charge is -2.41. The van der Waals surface area contributed by atoms with Gasteiger partial charge in [0.15, 0.2) is 0 Å². The van der Waals surface area contributed by atoms with Crippen molar-refractivity contribution in [2.24, 2.45) is 0 Å². The van der Waals surface area contributed by atoms with Crippen LogP contribution in [0.3, 0.4) is 0 Å². The molecule has 0 spiro atoms. The van der Waals surface area contributed by atoms with Crippen LogP contribution in [0.25, 0.3) is 0 Å². The zero-order valence-corrected chi connectivity index (χ0v) is 14.3. The van der Waals surface area contributed by atoms with E-state index in [2.05, 4.69) is 16.8 Å². The highest BCUT2D eigenvalue weighted by atomic mass is 16.5. The Kier molecular flexibility index (Phi) is 4.99. The van der Waals surface area contributed by atoms with E-state index in [0.29, 0.717) is 32.8 Å². The summed E-state index contributed by atoms with van der Waals surface area (Å²) in [6.07, 6.45) is 3.66. The first-order valence-corrected chi connectivity index (χ1v) is 8.37. The molecule has 24 heavy (non-hydrogen) atoms. The monoisotopic (exact) mass is 332 g/mol. The Morgan fingerprint density at radius 3 is 2.62 bits per heavy atom. The molecule has 0 N–H and O–H groups in total. The van der Waals surface area contributed by atoms with Gasteiger partial charge in [-0.1, -0.05) is 0 Å². The molecule has 1 unspecified atom stereocenters. The Morgan fingerprint density at radius 2 is 1.96 bits per heavy atom. The first-order valence-electron chi connectivity index (χ1n) is 8.37. The molecule has 0 radical (unpaired) electrons. The van der Waals surface area contributed by atoms with Gasteiger partial charge in [0.2, 0.25) is 11.8 Å². The Morgan fingerprint density at radius 1 is 1.21 bits per heavy atom. The van der Waals surface area contributed by atoms with Crippen LogP contribution >= 0.6 is 0 Å². The van der Waals surface area contributed by atoms with Crippen molar-refractivity contribution in [2.45, 2.75) is 19.9 Å². The van der Waals surface area contributed by atoms with E-state index >= 15 is 0 Å². The molecule has 1 aromatic rings. The molecule has 0 aliphatic carbocycles. The second kappa shape index (κ2) is 7.17. The second-order valence-corrected chi connectivity index (χ2v) is 6.28. The molecule has 2 amide bonds.